The average Bonchev–Trinajstić information content (AvgIpc) is 3.92. The fourth-order valence-electron chi connectivity index (χ4n) is 9.07. The van der Waals surface area contributed by atoms with Gasteiger partial charge in [-0.15, -0.1) is 0 Å². The van der Waals surface area contributed by atoms with E-state index in [4.69, 9.17) is 0 Å². The summed E-state index contributed by atoms with van der Waals surface area (Å²) in [6.07, 6.45) is 0. The molecular weight excluding hydrogens is 619 g/mol. The molecule has 3 nitrogen and oxygen atoms in total. The number of hydrogen-bond donors (Lipinski definition) is 0. The summed E-state index contributed by atoms with van der Waals surface area (Å²) in [5.74, 6) is 0. The fourth-order valence-corrected chi connectivity index (χ4v) is 9.07. The molecule has 0 N–H and O–H groups in total. The number of hydrogen-bond acceptors (Lipinski definition) is 0. The molecule has 0 bridgehead atoms. The predicted molar refractivity (Wildman–Crippen MR) is 215 cm³/mol. The third kappa shape index (κ3) is 3.52. The van der Waals surface area contributed by atoms with Crippen molar-refractivity contribution >= 4 is 81.7 Å². The van der Waals surface area contributed by atoms with Gasteiger partial charge in [0.2, 0.25) is 0 Å². The van der Waals surface area contributed by atoms with Crippen molar-refractivity contribution in [2.45, 2.75) is 0 Å². The van der Waals surface area contributed by atoms with E-state index >= 15 is 0 Å². The van der Waals surface area contributed by atoms with Crippen molar-refractivity contribution in [1.29, 1.82) is 0 Å². The summed E-state index contributed by atoms with van der Waals surface area (Å²) < 4.78 is 7.39. The maximum Gasteiger partial charge on any atom is 0.0620 e. The molecule has 0 amide bonds. The molecule has 0 aliphatic carbocycles. The molecule has 0 aliphatic rings. The third-order valence-corrected chi connectivity index (χ3v) is 11.2. The fraction of sp³-hybridized carbons (Fsp3) is 0. The first-order valence-corrected chi connectivity index (χ1v) is 17.6. The van der Waals surface area contributed by atoms with Crippen LogP contribution in [0.25, 0.3) is 104 Å². The van der Waals surface area contributed by atoms with Gasteiger partial charge in [-0.05, 0) is 65.7 Å². The highest BCUT2D eigenvalue weighted by Crippen LogP contribution is 2.44. The zero-order valence-electron chi connectivity index (χ0n) is 27.6. The van der Waals surface area contributed by atoms with E-state index in [2.05, 4.69) is 189 Å². The molecule has 8 aromatic carbocycles. The summed E-state index contributed by atoms with van der Waals surface area (Å²) >= 11 is 0. The Kier molecular flexibility index (Phi) is 5.23. The van der Waals surface area contributed by atoms with Crippen molar-refractivity contribution in [2.24, 2.45) is 0 Å². The van der Waals surface area contributed by atoms with Crippen LogP contribution in [0, 0.1) is 0 Å². The number of nitrogens with zero attached hydrogens (tertiary/aromatic N) is 3. The number of rotatable bonds is 3. The van der Waals surface area contributed by atoms with E-state index in [0.29, 0.717) is 0 Å². The molecule has 0 saturated carbocycles. The molecular formula is C48H29N3. The number of aromatic nitrogens is 3. The first-order chi connectivity index (χ1) is 25.3. The molecule has 0 radical (unpaired) electrons. The van der Waals surface area contributed by atoms with Crippen molar-refractivity contribution in [1.82, 2.24) is 13.5 Å². The van der Waals surface area contributed by atoms with Crippen LogP contribution in [0.5, 0.6) is 0 Å². The second-order valence-electron chi connectivity index (χ2n) is 13.7. The Bertz CT molecular complexity index is 3340. The van der Waals surface area contributed by atoms with Gasteiger partial charge in [0.1, 0.15) is 0 Å². The Balaban J connectivity index is 1.24. The van der Waals surface area contributed by atoms with Gasteiger partial charge in [-0.25, -0.2) is 0 Å². The minimum atomic E-state index is 1.16. The van der Waals surface area contributed by atoms with E-state index < -0.39 is 0 Å². The smallest absolute Gasteiger partial charge is 0.0620 e. The average molecular weight is 648 g/mol. The summed E-state index contributed by atoms with van der Waals surface area (Å²) in [5.41, 5.74) is 13.4. The summed E-state index contributed by atoms with van der Waals surface area (Å²) in [4.78, 5) is 0. The van der Waals surface area contributed by atoms with E-state index in [9.17, 15) is 0 Å². The van der Waals surface area contributed by atoms with Gasteiger partial charge in [0.25, 0.3) is 0 Å². The molecule has 0 spiro atoms. The summed E-state index contributed by atoms with van der Waals surface area (Å²) in [6.45, 7) is 0. The van der Waals surface area contributed by atoms with Gasteiger partial charge >= 0.3 is 0 Å². The van der Waals surface area contributed by atoms with E-state index in [0.717, 1.165) is 5.69 Å². The van der Waals surface area contributed by atoms with E-state index in [1.54, 1.807) is 0 Å². The van der Waals surface area contributed by atoms with Crippen LogP contribution in [-0.2, 0) is 0 Å². The van der Waals surface area contributed by atoms with Crippen LogP contribution in [-0.4, -0.2) is 13.5 Å². The predicted octanol–water partition coefficient (Wildman–Crippen LogP) is 12.7. The van der Waals surface area contributed by atoms with E-state index in [1.165, 1.54) is 98.5 Å². The molecule has 236 valence electrons. The second kappa shape index (κ2) is 9.87. The van der Waals surface area contributed by atoms with Gasteiger partial charge in [0, 0.05) is 54.5 Å². The van der Waals surface area contributed by atoms with Gasteiger partial charge in [-0.2, -0.15) is 0 Å². The lowest BCUT2D eigenvalue weighted by Crippen LogP contribution is -1.95. The zero-order chi connectivity index (χ0) is 33.2. The summed E-state index contributed by atoms with van der Waals surface area (Å²) in [6, 6.07) is 64.6. The Labute approximate surface area is 292 Å². The highest BCUT2D eigenvalue weighted by Gasteiger charge is 2.22. The first-order valence-electron chi connectivity index (χ1n) is 17.6. The normalized spacial score (nSPS) is 12.3. The lowest BCUT2D eigenvalue weighted by molar-refractivity contribution is 1.17. The number of para-hydroxylation sites is 4. The van der Waals surface area contributed by atoms with Crippen LogP contribution in [0.1, 0.15) is 0 Å². The number of benzene rings is 8. The maximum atomic E-state index is 2.50. The molecule has 4 heterocycles. The standard InChI is InChI=1S/C48H29N3/c1-3-12-30(13-4-1)31-22-24-39-44(28-31)50(33-23-25-35-37-19-11-18-36-34-16-7-9-20-40(34)51(48(36)37)45(35)29-33)43-27-26-42-46(47(39)43)38-17-8-10-21-41(38)49(42)32-14-5-2-6-15-32/h1-29H. The van der Waals surface area contributed by atoms with Crippen molar-refractivity contribution in [3.8, 4) is 22.5 Å². The molecule has 12 aromatic rings. The topological polar surface area (TPSA) is 14.3 Å². The molecule has 12 rings (SSSR count). The Morgan fingerprint density at radius 3 is 1.61 bits per heavy atom. The highest BCUT2D eigenvalue weighted by molar-refractivity contribution is 6.29. The minimum absolute atomic E-state index is 1.16. The van der Waals surface area contributed by atoms with Crippen LogP contribution in [0.15, 0.2) is 176 Å². The van der Waals surface area contributed by atoms with Gasteiger partial charge in [0.15, 0.2) is 0 Å². The zero-order valence-corrected chi connectivity index (χ0v) is 27.6. The SMILES string of the molecule is c1ccc(-c2ccc3c4c5c6ccccc6n(-c6ccccc6)c5ccc4n(-c4ccc5c6cccc7c8ccccc8n(c5c4)c76)c3c2)cc1. The molecule has 0 atom stereocenters. The third-order valence-electron chi connectivity index (χ3n) is 11.2. The van der Waals surface area contributed by atoms with Gasteiger partial charge in [0.05, 0.1) is 38.6 Å². The first kappa shape index (κ1) is 27.0. The van der Waals surface area contributed by atoms with Crippen molar-refractivity contribution in [3.05, 3.63) is 176 Å². The van der Waals surface area contributed by atoms with Crippen LogP contribution in [0.3, 0.4) is 0 Å². The second-order valence-corrected chi connectivity index (χ2v) is 13.7. The van der Waals surface area contributed by atoms with Crippen LogP contribution in [0.2, 0.25) is 0 Å². The van der Waals surface area contributed by atoms with Crippen molar-refractivity contribution in [2.75, 3.05) is 0 Å². The summed E-state index contributed by atoms with van der Waals surface area (Å²) in [7, 11) is 0. The quantitative estimate of drug-likeness (QED) is 0.181. The molecule has 51 heavy (non-hydrogen) atoms. The number of fused-ring (bicyclic) bond motifs is 13. The van der Waals surface area contributed by atoms with Gasteiger partial charge < -0.3 is 13.5 Å². The van der Waals surface area contributed by atoms with Crippen molar-refractivity contribution < 1.29 is 0 Å². The monoisotopic (exact) mass is 647 g/mol. The molecule has 3 heteroatoms. The lowest BCUT2D eigenvalue weighted by Gasteiger charge is -2.11. The minimum Gasteiger partial charge on any atom is -0.309 e. The highest BCUT2D eigenvalue weighted by atomic mass is 15.0. The Morgan fingerprint density at radius 2 is 0.843 bits per heavy atom. The maximum absolute atomic E-state index is 2.50. The molecule has 0 aliphatic heterocycles. The molecule has 4 aromatic heterocycles. The lowest BCUT2D eigenvalue weighted by atomic mass is 10.0. The van der Waals surface area contributed by atoms with Crippen LogP contribution >= 0.6 is 0 Å². The van der Waals surface area contributed by atoms with Crippen LogP contribution in [0.4, 0.5) is 0 Å². The molecule has 0 saturated heterocycles. The van der Waals surface area contributed by atoms with Gasteiger partial charge in [-0.3, -0.25) is 0 Å². The largest absolute Gasteiger partial charge is 0.309 e. The Morgan fingerprint density at radius 1 is 0.275 bits per heavy atom. The molecule has 0 fully saturated rings. The van der Waals surface area contributed by atoms with E-state index in [-0.39, 0.29) is 0 Å². The molecule has 0 unspecified atom stereocenters. The Hall–Kier alpha value is -6.84. The van der Waals surface area contributed by atoms with Gasteiger partial charge in [-0.1, -0.05) is 121 Å². The summed E-state index contributed by atoms with van der Waals surface area (Å²) in [5, 5.41) is 10.3. The van der Waals surface area contributed by atoms with E-state index in [1.807, 2.05) is 0 Å². The van der Waals surface area contributed by atoms with Crippen LogP contribution < -0.4 is 0 Å². The van der Waals surface area contributed by atoms with Crippen molar-refractivity contribution in [3.63, 3.8) is 0 Å².